The van der Waals surface area contributed by atoms with E-state index in [-0.39, 0.29) is 34.5 Å². The summed E-state index contributed by atoms with van der Waals surface area (Å²) in [5.41, 5.74) is 6.33. The molecular weight excluding hydrogens is 430 g/mol. The molecule has 0 atom stereocenters. The molecule has 0 saturated heterocycles. The normalized spacial score (nSPS) is 10.4. The summed E-state index contributed by atoms with van der Waals surface area (Å²) in [4.78, 5) is 36.6. The largest absolute Gasteiger partial charge is 0.462 e. The predicted octanol–water partition coefficient (Wildman–Crippen LogP) is 2.53. The van der Waals surface area contributed by atoms with Gasteiger partial charge in [-0.3, -0.25) is 9.48 Å². The monoisotopic (exact) mass is 453 g/mol. The maximum atomic E-state index is 12.5. The van der Waals surface area contributed by atoms with Gasteiger partial charge in [0, 0.05) is 12.7 Å². The molecule has 10 nitrogen and oxygen atoms in total. The summed E-state index contributed by atoms with van der Waals surface area (Å²) in [6.07, 6.45) is 1.59. The number of hydrogen-bond acceptors (Lipinski definition) is 8. The average molecular weight is 454 g/mol. The van der Waals surface area contributed by atoms with Crippen molar-refractivity contribution in [2.75, 3.05) is 23.8 Å². The molecule has 0 aliphatic heterocycles. The number of thiophene rings is 1. The second kappa shape index (κ2) is 10.2. The van der Waals surface area contributed by atoms with Crippen LogP contribution in [0.5, 0.6) is 0 Å². The first-order valence-electron chi connectivity index (χ1n) is 9.16. The zero-order chi connectivity index (χ0) is 22.4. The molecule has 162 valence electrons. The Balaban J connectivity index is 2.34. The first-order chi connectivity index (χ1) is 14.2. The van der Waals surface area contributed by atoms with E-state index in [4.69, 9.17) is 27.4 Å². The van der Waals surface area contributed by atoms with Gasteiger partial charge in [0.05, 0.1) is 24.5 Å². The Morgan fingerprint density at radius 1 is 1.17 bits per heavy atom. The van der Waals surface area contributed by atoms with E-state index in [0.29, 0.717) is 22.8 Å². The van der Waals surface area contributed by atoms with Crippen LogP contribution in [0.3, 0.4) is 0 Å². The zero-order valence-corrected chi connectivity index (χ0v) is 18.7. The molecule has 0 unspecified atom stereocenters. The molecule has 2 heterocycles. The summed E-state index contributed by atoms with van der Waals surface area (Å²) in [7, 11) is 0. The van der Waals surface area contributed by atoms with Crippen molar-refractivity contribution in [1.29, 1.82) is 0 Å². The molecule has 0 saturated carbocycles. The number of aryl methyl sites for hydroxylation is 1. The summed E-state index contributed by atoms with van der Waals surface area (Å²) >= 11 is 6.34. The zero-order valence-electron chi connectivity index (χ0n) is 17.0. The molecule has 30 heavy (non-hydrogen) atoms. The molecule has 2 aromatic heterocycles. The van der Waals surface area contributed by atoms with Crippen LogP contribution in [0.2, 0.25) is 0 Å². The molecule has 0 aromatic carbocycles. The number of nitrogens with one attached hydrogen (secondary N) is 2. The van der Waals surface area contributed by atoms with Gasteiger partial charge in [-0.05, 0) is 45.5 Å². The van der Waals surface area contributed by atoms with E-state index in [1.165, 1.54) is 4.68 Å². The van der Waals surface area contributed by atoms with E-state index in [1.54, 1.807) is 27.0 Å². The Morgan fingerprint density at radius 3 is 2.37 bits per heavy atom. The van der Waals surface area contributed by atoms with Crippen LogP contribution in [0.15, 0.2) is 6.20 Å². The third-order valence-electron chi connectivity index (χ3n) is 3.88. The fourth-order valence-corrected chi connectivity index (χ4v) is 3.93. The van der Waals surface area contributed by atoms with Crippen LogP contribution in [0.4, 0.5) is 10.7 Å². The number of hydrogen-bond donors (Lipinski definition) is 3. The van der Waals surface area contributed by atoms with Gasteiger partial charge in [0.2, 0.25) is 0 Å². The number of amides is 1. The third kappa shape index (κ3) is 5.13. The molecule has 0 aliphatic rings. The molecule has 0 aliphatic carbocycles. The average Bonchev–Trinajstić information content (AvgIpc) is 3.23. The van der Waals surface area contributed by atoms with Gasteiger partial charge in [0.15, 0.2) is 10.8 Å². The summed E-state index contributed by atoms with van der Waals surface area (Å²) in [6.45, 7) is 7.76. The van der Waals surface area contributed by atoms with E-state index < -0.39 is 17.8 Å². The molecule has 0 radical (unpaired) electrons. The van der Waals surface area contributed by atoms with E-state index in [2.05, 4.69) is 15.7 Å². The number of nitrogens with two attached hydrogens (primary N) is 1. The first kappa shape index (κ1) is 23.3. The van der Waals surface area contributed by atoms with E-state index >= 15 is 0 Å². The lowest BCUT2D eigenvalue weighted by molar-refractivity contribution is 0.0527. The first-order valence-corrected chi connectivity index (χ1v) is 10.4. The van der Waals surface area contributed by atoms with E-state index in [9.17, 15) is 14.4 Å². The number of ether oxygens (including phenoxy) is 2. The van der Waals surface area contributed by atoms with Crippen LogP contribution < -0.4 is 16.4 Å². The molecule has 2 aromatic rings. The van der Waals surface area contributed by atoms with Gasteiger partial charge in [0.1, 0.15) is 9.88 Å². The lowest BCUT2D eigenvalue weighted by Gasteiger charge is -2.10. The van der Waals surface area contributed by atoms with Crippen LogP contribution in [-0.2, 0) is 16.0 Å². The van der Waals surface area contributed by atoms with Gasteiger partial charge in [-0.1, -0.05) is 0 Å². The SMILES string of the molecule is CCOC(=O)c1sc(NC(=S)Nc2cn(CC)nc2C(N)=O)c(C(=O)OCC)c1C. The fourth-order valence-electron chi connectivity index (χ4n) is 2.56. The minimum atomic E-state index is -0.712. The summed E-state index contributed by atoms with van der Waals surface area (Å²) < 4.78 is 11.7. The van der Waals surface area contributed by atoms with Crippen molar-refractivity contribution in [2.24, 2.45) is 5.73 Å². The van der Waals surface area contributed by atoms with Gasteiger partial charge in [-0.15, -0.1) is 11.3 Å². The number of thiocarbonyl (C=S) groups is 1. The number of aromatic nitrogens is 2. The Kier molecular flexibility index (Phi) is 7.89. The highest BCUT2D eigenvalue weighted by Gasteiger charge is 2.27. The number of nitrogens with zero attached hydrogens (tertiary/aromatic N) is 2. The van der Waals surface area contributed by atoms with Crippen LogP contribution in [0, 0.1) is 6.92 Å². The fraction of sp³-hybridized carbons (Fsp3) is 0.389. The molecule has 0 spiro atoms. The number of carbonyl (C=O) groups excluding carboxylic acids is 3. The van der Waals surface area contributed by atoms with E-state index in [1.807, 2.05) is 6.92 Å². The second-order valence-electron chi connectivity index (χ2n) is 5.89. The molecule has 2 rings (SSSR count). The van der Waals surface area contributed by atoms with Crippen LogP contribution in [0.25, 0.3) is 0 Å². The second-order valence-corrected chi connectivity index (χ2v) is 7.32. The van der Waals surface area contributed by atoms with E-state index in [0.717, 1.165) is 11.3 Å². The van der Waals surface area contributed by atoms with Crippen molar-refractivity contribution in [3.8, 4) is 0 Å². The van der Waals surface area contributed by atoms with Crippen LogP contribution in [-0.4, -0.2) is 46.0 Å². The number of esters is 2. The highest BCUT2D eigenvalue weighted by molar-refractivity contribution is 7.80. The number of carbonyl (C=O) groups is 3. The van der Waals surface area contributed by atoms with Gasteiger partial charge in [-0.2, -0.15) is 5.10 Å². The highest BCUT2D eigenvalue weighted by atomic mass is 32.1. The maximum absolute atomic E-state index is 12.5. The summed E-state index contributed by atoms with van der Waals surface area (Å²) in [5, 5.41) is 10.2. The van der Waals surface area contributed by atoms with Gasteiger partial charge < -0.3 is 25.8 Å². The number of primary amides is 1. The smallest absolute Gasteiger partial charge is 0.348 e. The Labute approximate surface area is 182 Å². The minimum absolute atomic E-state index is 0.0289. The molecular formula is C18H23N5O5S2. The summed E-state index contributed by atoms with van der Waals surface area (Å²) in [6, 6.07) is 0. The Morgan fingerprint density at radius 2 is 1.80 bits per heavy atom. The van der Waals surface area contributed by atoms with Gasteiger partial charge in [0.25, 0.3) is 5.91 Å². The lowest BCUT2D eigenvalue weighted by atomic mass is 10.1. The van der Waals surface area contributed by atoms with Crippen molar-refractivity contribution >= 4 is 57.2 Å². The van der Waals surface area contributed by atoms with Crippen molar-refractivity contribution in [3.05, 3.63) is 27.9 Å². The van der Waals surface area contributed by atoms with Crippen molar-refractivity contribution in [1.82, 2.24) is 9.78 Å². The quantitative estimate of drug-likeness (QED) is 0.406. The van der Waals surface area contributed by atoms with Crippen molar-refractivity contribution < 1.29 is 23.9 Å². The third-order valence-corrected chi connectivity index (χ3v) is 5.27. The maximum Gasteiger partial charge on any atom is 0.348 e. The number of rotatable bonds is 8. The van der Waals surface area contributed by atoms with Crippen LogP contribution >= 0.6 is 23.6 Å². The van der Waals surface area contributed by atoms with Crippen LogP contribution in [0.1, 0.15) is 56.9 Å². The van der Waals surface area contributed by atoms with Gasteiger partial charge >= 0.3 is 11.9 Å². The minimum Gasteiger partial charge on any atom is -0.462 e. The molecule has 4 N–H and O–H groups in total. The van der Waals surface area contributed by atoms with Crippen molar-refractivity contribution in [2.45, 2.75) is 34.2 Å². The molecule has 12 heteroatoms. The molecule has 1 amide bonds. The highest BCUT2D eigenvalue weighted by Crippen LogP contribution is 2.34. The topological polar surface area (TPSA) is 138 Å². The molecule has 0 bridgehead atoms. The predicted molar refractivity (Wildman–Crippen MR) is 117 cm³/mol. The lowest BCUT2D eigenvalue weighted by Crippen LogP contribution is -2.22. The van der Waals surface area contributed by atoms with Gasteiger partial charge in [-0.25, -0.2) is 9.59 Å². The van der Waals surface area contributed by atoms with Crippen molar-refractivity contribution in [3.63, 3.8) is 0 Å². The Hall–Kier alpha value is -2.99. The standard InChI is InChI=1S/C18H23N5O5S2/c1-5-23-8-10(12(22-23)14(19)24)20-18(29)21-15-11(16(25)27-6-2)9(4)13(30-15)17(26)28-7-3/h8H,5-7H2,1-4H3,(H2,19,24)(H2,20,21,29). The molecule has 0 fully saturated rings. The summed E-state index contributed by atoms with van der Waals surface area (Å²) in [5.74, 6) is -1.85. The number of anilines is 2. The Bertz CT molecular complexity index is 982.